The second-order valence-electron chi connectivity index (χ2n) is 5.68. The van der Waals surface area contributed by atoms with Gasteiger partial charge in [-0.15, -0.1) is 0 Å². The first-order chi connectivity index (χ1) is 11.9. The van der Waals surface area contributed by atoms with Gasteiger partial charge in [0.15, 0.2) is 5.76 Å². The lowest BCUT2D eigenvalue weighted by Gasteiger charge is -2.12. The van der Waals surface area contributed by atoms with E-state index < -0.39 is 0 Å². The van der Waals surface area contributed by atoms with Crippen molar-refractivity contribution in [1.29, 1.82) is 0 Å². The highest BCUT2D eigenvalue weighted by atomic mass is 35.5. The van der Waals surface area contributed by atoms with Crippen molar-refractivity contribution in [2.45, 2.75) is 0 Å². The number of halogens is 2. The van der Waals surface area contributed by atoms with E-state index in [-0.39, 0.29) is 11.7 Å². The van der Waals surface area contributed by atoms with Crippen LogP contribution in [0.15, 0.2) is 59.0 Å². The largest absolute Gasteiger partial charge is 0.451 e. The maximum atomic E-state index is 12.4. The third kappa shape index (κ3) is 3.98. The molecule has 0 saturated heterocycles. The van der Waals surface area contributed by atoms with Crippen molar-refractivity contribution in [2.75, 3.05) is 24.3 Å². The normalized spacial score (nSPS) is 10.6. The number of nitrogens with one attached hydrogen (secondary N) is 1. The van der Waals surface area contributed by atoms with E-state index in [1.54, 1.807) is 30.3 Å². The quantitative estimate of drug-likeness (QED) is 0.648. The van der Waals surface area contributed by atoms with Crippen molar-refractivity contribution in [2.24, 2.45) is 0 Å². The molecule has 1 amide bonds. The minimum absolute atomic E-state index is 0.197. The van der Waals surface area contributed by atoms with E-state index in [1.807, 2.05) is 43.3 Å². The van der Waals surface area contributed by atoms with Crippen LogP contribution in [0.25, 0.3) is 11.3 Å². The number of furan rings is 1. The second-order valence-corrected chi connectivity index (χ2v) is 6.53. The Kier molecular flexibility index (Phi) is 5.02. The average molecular weight is 375 g/mol. The van der Waals surface area contributed by atoms with Crippen LogP contribution < -0.4 is 10.2 Å². The number of nitrogens with zero attached hydrogens (tertiary/aromatic N) is 1. The van der Waals surface area contributed by atoms with E-state index in [0.717, 1.165) is 5.69 Å². The fraction of sp³-hybridized carbons (Fsp3) is 0.105. The number of anilines is 2. The second kappa shape index (κ2) is 7.21. The molecule has 1 N–H and O–H groups in total. The molecule has 0 bridgehead atoms. The van der Waals surface area contributed by atoms with Crippen LogP contribution in [0, 0.1) is 0 Å². The van der Waals surface area contributed by atoms with Crippen molar-refractivity contribution in [1.82, 2.24) is 0 Å². The number of rotatable bonds is 4. The molecule has 0 radical (unpaired) electrons. The Morgan fingerprint density at radius 1 is 1.00 bits per heavy atom. The molecule has 3 aromatic rings. The Hall–Kier alpha value is -2.43. The number of hydrogen-bond acceptors (Lipinski definition) is 3. The van der Waals surface area contributed by atoms with E-state index in [9.17, 15) is 4.79 Å². The third-order valence-corrected chi connectivity index (χ3v) is 4.23. The molecule has 0 fully saturated rings. The van der Waals surface area contributed by atoms with Gasteiger partial charge in [-0.25, -0.2) is 0 Å². The van der Waals surface area contributed by atoms with Gasteiger partial charge < -0.3 is 14.6 Å². The van der Waals surface area contributed by atoms with E-state index in [4.69, 9.17) is 27.6 Å². The Morgan fingerprint density at radius 2 is 1.72 bits per heavy atom. The van der Waals surface area contributed by atoms with Gasteiger partial charge in [0.2, 0.25) is 0 Å². The first kappa shape index (κ1) is 17.4. The van der Waals surface area contributed by atoms with Crippen LogP contribution in [0.1, 0.15) is 10.6 Å². The van der Waals surface area contributed by atoms with Crippen LogP contribution in [-0.2, 0) is 0 Å². The van der Waals surface area contributed by atoms with Crippen molar-refractivity contribution in [3.05, 3.63) is 70.4 Å². The lowest BCUT2D eigenvalue weighted by Crippen LogP contribution is -2.11. The van der Waals surface area contributed by atoms with E-state index in [0.29, 0.717) is 27.1 Å². The number of benzene rings is 2. The highest BCUT2D eigenvalue weighted by molar-refractivity contribution is 6.35. The predicted octanol–water partition coefficient (Wildman–Crippen LogP) is 5.57. The van der Waals surface area contributed by atoms with Gasteiger partial charge in [0.05, 0.1) is 5.02 Å². The average Bonchev–Trinajstić information content (AvgIpc) is 3.07. The van der Waals surface area contributed by atoms with Gasteiger partial charge >= 0.3 is 0 Å². The van der Waals surface area contributed by atoms with Crippen LogP contribution in [0.2, 0.25) is 10.0 Å². The monoisotopic (exact) mass is 374 g/mol. The van der Waals surface area contributed by atoms with Crippen LogP contribution in [0.3, 0.4) is 0 Å². The molecule has 0 aliphatic rings. The summed E-state index contributed by atoms with van der Waals surface area (Å²) in [5.74, 6) is 0.352. The summed E-state index contributed by atoms with van der Waals surface area (Å²) in [6.07, 6.45) is 0. The maximum Gasteiger partial charge on any atom is 0.291 e. The number of carbonyl (C=O) groups excluding carboxylic acids is 1. The van der Waals surface area contributed by atoms with Gasteiger partial charge in [0, 0.05) is 36.1 Å². The summed E-state index contributed by atoms with van der Waals surface area (Å²) in [4.78, 5) is 14.3. The van der Waals surface area contributed by atoms with Crippen molar-refractivity contribution in [3.8, 4) is 11.3 Å². The number of hydrogen-bond donors (Lipinski definition) is 1. The molecular weight excluding hydrogens is 359 g/mol. The van der Waals surface area contributed by atoms with Gasteiger partial charge in [-0.1, -0.05) is 23.2 Å². The van der Waals surface area contributed by atoms with Gasteiger partial charge in [-0.05, 0) is 54.6 Å². The summed E-state index contributed by atoms with van der Waals surface area (Å²) in [6.45, 7) is 0. The lowest BCUT2D eigenvalue weighted by molar-refractivity contribution is 0.0997. The third-order valence-electron chi connectivity index (χ3n) is 3.67. The first-order valence-corrected chi connectivity index (χ1v) is 8.33. The van der Waals surface area contributed by atoms with Gasteiger partial charge in [0.25, 0.3) is 5.91 Å². The smallest absolute Gasteiger partial charge is 0.291 e. The Balaban J connectivity index is 1.77. The molecule has 1 aromatic heterocycles. The molecule has 0 atom stereocenters. The molecule has 25 heavy (non-hydrogen) atoms. The highest BCUT2D eigenvalue weighted by Crippen LogP contribution is 2.32. The number of amides is 1. The summed E-state index contributed by atoms with van der Waals surface area (Å²) in [5, 5.41) is 3.85. The van der Waals surface area contributed by atoms with Crippen molar-refractivity contribution in [3.63, 3.8) is 0 Å². The predicted molar refractivity (Wildman–Crippen MR) is 103 cm³/mol. The zero-order chi connectivity index (χ0) is 18.0. The molecule has 0 spiro atoms. The molecule has 4 nitrogen and oxygen atoms in total. The Labute approximate surface area is 156 Å². The fourth-order valence-corrected chi connectivity index (χ4v) is 2.71. The topological polar surface area (TPSA) is 45.5 Å². The van der Waals surface area contributed by atoms with Crippen LogP contribution in [-0.4, -0.2) is 20.0 Å². The van der Waals surface area contributed by atoms with E-state index in [1.165, 1.54) is 0 Å². The summed E-state index contributed by atoms with van der Waals surface area (Å²) >= 11 is 12.2. The Morgan fingerprint density at radius 3 is 2.40 bits per heavy atom. The molecule has 2 aromatic carbocycles. The summed E-state index contributed by atoms with van der Waals surface area (Å²) in [5.41, 5.74) is 2.38. The summed E-state index contributed by atoms with van der Waals surface area (Å²) in [6, 6.07) is 15.9. The SMILES string of the molecule is CN(C)c1ccc(NC(=O)c2ccc(-c3cc(Cl)ccc3Cl)o2)cc1. The van der Waals surface area contributed by atoms with Gasteiger partial charge in [-0.2, -0.15) is 0 Å². The Bertz CT molecular complexity index is 902. The summed E-state index contributed by atoms with van der Waals surface area (Å²) in [7, 11) is 3.91. The molecule has 0 unspecified atom stereocenters. The van der Waals surface area contributed by atoms with Crippen LogP contribution in [0.5, 0.6) is 0 Å². The zero-order valence-corrected chi connectivity index (χ0v) is 15.2. The van der Waals surface area contributed by atoms with Crippen molar-refractivity contribution >= 4 is 40.5 Å². The van der Waals surface area contributed by atoms with Gasteiger partial charge in [-0.3, -0.25) is 4.79 Å². The first-order valence-electron chi connectivity index (χ1n) is 7.58. The van der Waals surface area contributed by atoms with Gasteiger partial charge in [0.1, 0.15) is 5.76 Å². The lowest BCUT2D eigenvalue weighted by atomic mass is 10.2. The van der Waals surface area contributed by atoms with Crippen molar-refractivity contribution < 1.29 is 9.21 Å². The molecule has 128 valence electrons. The molecule has 0 saturated carbocycles. The zero-order valence-electron chi connectivity index (χ0n) is 13.7. The molecule has 6 heteroatoms. The fourth-order valence-electron chi connectivity index (χ4n) is 2.33. The molecular formula is C19H16Cl2N2O2. The minimum Gasteiger partial charge on any atom is -0.451 e. The maximum absolute atomic E-state index is 12.4. The molecule has 1 heterocycles. The van der Waals surface area contributed by atoms with Crippen LogP contribution in [0.4, 0.5) is 11.4 Å². The standard InChI is InChI=1S/C19H16Cl2N2O2/c1-23(2)14-6-4-13(5-7-14)22-19(24)18-10-9-17(25-18)15-11-12(20)3-8-16(15)21/h3-11H,1-2H3,(H,22,24). The molecule has 0 aliphatic carbocycles. The molecule has 0 aliphatic heterocycles. The molecule has 3 rings (SSSR count). The van der Waals surface area contributed by atoms with E-state index in [2.05, 4.69) is 5.32 Å². The number of carbonyl (C=O) groups is 1. The van der Waals surface area contributed by atoms with Crippen LogP contribution >= 0.6 is 23.2 Å². The highest BCUT2D eigenvalue weighted by Gasteiger charge is 2.14. The minimum atomic E-state index is -0.331. The summed E-state index contributed by atoms with van der Waals surface area (Å²) < 4.78 is 5.64. The van der Waals surface area contributed by atoms with E-state index >= 15 is 0 Å².